The van der Waals surface area contributed by atoms with E-state index in [-0.39, 0.29) is 32.0 Å². The van der Waals surface area contributed by atoms with Crippen LogP contribution in [0.2, 0.25) is 0 Å². The minimum Gasteiger partial charge on any atom is -0.464 e. The molecule has 2 fully saturated rings. The third kappa shape index (κ3) is 4.08. The van der Waals surface area contributed by atoms with Crippen molar-refractivity contribution in [1.82, 2.24) is 0 Å². The molecule has 27 heavy (non-hydrogen) atoms. The highest BCUT2D eigenvalue weighted by Gasteiger charge is 2.71. The number of nitrogens with zero attached hydrogens (tertiary/aromatic N) is 1. The zero-order valence-electron chi connectivity index (χ0n) is 15.9. The molecule has 2 rings (SSSR count). The summed E-state index contributed by atoms with van der Waals surface area (Å²) in [6.45, 7) is 2.86. The van der Waals surface area contributed by atoms with E-state index in [1.54, 1.807) is 0 Å². The molecule has 0 bridgehead atoms. The van der Waals surface area contributed by atoms with Crippen LogP contribution in [0.5, 0.6) is 0 Å². The fraction of sp³-hybridized carbons (Fsp3) is 0.889. The molecule has 154 valence electrons. The van der Waals surface area contributed by atoms with E-state index in [9.17, 15) is 29.9 Å². The van der Waals surface area contributed by atoms with Gasteiger partial charge in [-0.1, -0.05) is 32.1 Å². The molecule has 9 heteroatoms. The number of rotatable bonds is 6. The standard InChI is InChI=1S/C18H29NO8/c1-3-26-15(20)17(22)10-13(12-8-6-5-7-9-12)11-18(23,14(17)19(24)25)16(21)27-4-2/h12-14,22-23H,3-11H2,1-2H3/t13-,14-,17-,18+. The topological polar surface area (TPSA) is 136 Å². The Hall–Kier alpha value is -1.74. The summed E-state index contributed by atoms with van der Waals surface area (Å²) in [5.41, 5.74) is -5.19. The first kappa shape index (κ1) is 21.6. The molecule has 0 unspecified atom stereocenters. The predicted octanol–water partition coefficient (Wildman–Crippen LogP) is 1.21. The van der Waals surface area contributed by atoms with Gasteiger partial charge in [-0.2, -0.15) is 0 Å². The summed E-state index contributed by atoms with van der Waals surface area (Å²) in [5, 5.41) is 33.9. The number of carbonyl (C=O) groups is 2. The number of hydrogen-bond donors (Lipinski definition) is 2. The fourth-order valence-electron chi connectivity index (χ4n) is 4.68. The van der Waals surface area contributed by atoms with Crippen molar-refractivity contribution in [3.63, 3.8) is 0 Å². The quantitative estimate of drug-likeness (QED) is 0.394. The third-order valence-corrected chi connectivity index (χ3v) is 5.84. The molecule has 2 N–H and O–H groups in total. The van der Waals surface area contributed by atoms with Crippen molar-refractivity contribution in [2.45, 2.75) is 76.0 Å². The number of esters is 2. The van der Waals surface area contributed by atoms with Crippen LogP contribution in [0, 0.1) is 22.0 Å². The smallest absolute Gasteiger partial charge is 0.345 e. The highest BCUT2D eigenvalue weighted by atomic mass is 16.6. The van der Waals surface area contributed by atoms with Gasteiger partial charge in [0.2, 0.25) is 11.2 Å². The number of nitro groups is 1. The lowest BCUT2D eigenvalue weighted by Crippen LogP contribution is -2.71. The van der Waals surface area contributed by atoms with Gasteiger partial charge in [-0.15, -0.1) is 0 Å². The molecule has 0 aromatic rings. The van der Waals surface area contributed by atoms with E-state index in [1.165, 1.54) is 13.8 Å². The Kier molecular flexibility index (Phi) is 6.80. The van der Waals surface area contributed by atoms with Crippen molar-refractivity contribution in [3.8, 4) is 0 Å². The minimum atomic E-state index is -2.60. The Morgan fingerprint density at radius 2 is 1.41 bits per heavy atom. The molecule has 0 saturated heterocycles. The zero-order chi connectivity index (χ0) is 20.2. The van der Waals surface area contributed by atoms with Crippen molar-refractivity contribution in [2.24, 2.45) is 11.8 Å². The van der Waals surface area contributed by atoms with E-state index in [2.05, 4.69) is 0 Å². The summed E-state index contributed by atoms with van der Waals surface area (Å²) < 4.78 is 9.75. The number of aliphatic hydroxyl groups is 2. The zero-order valence-corrected chi connectivity index (χ0v) is 15.9. The Morgan fingerprint density at radius 1 is 0.963 bits per heavy atom. The fourth-order valence-corrected chi connectivity index (χ4v) is 4.68. The van der Waals surface area contributed by atoms with Gasteiger partial charge in [0.15, 0.2) is 0 Å². The molecule has 2 aliphatic rings. The number of ether oxygens (including phenoxy) is 2. The van der Waals surface area contributed by atoms with Gasteiger partial charge in [0.25, 0.3) is 6.04 Å². The van der Waals surface area contributed by atoms with Crippen LogP contribution in [0.4, 0.5) is 0 Å². The molecule has 0 aromatic heterocycles. The van der Waals surface area contributed by atoms with Crippen LogP contribution in [0.3, 0.4) is 0 Å². The molecule has 2 saturated carbocycles. The molecule has 4 atom stereocenters. The maximum atomic E-state index is 12.5. The van der Waals surface area contributed by atoms with E-state index in [0.717, 1.165) is 32.1 Å². The highest BCUT2D eigenvalue weighted by molar-refractivity contribution is 5.86. The maximum Gasteiger partial charge on any atom is 0.345 e. The Bertz CT molecular complexity index is 542. The van der Waals surface area contributed by atoms with Gasteiger partial charge in [-0.3, -0.25) is 10.1 Å². The van der Waals surface area contributed by atoms with Crippen molar-refractivity contribution in [3.05, 3.63) is 10.1 Å². The Labute approximate surface area is 158 Å². The third-order valence-electron chi connectivity index (χ3n) is 5.84. The van der Waals surface area contributed by atoms with Crippen LogP contribution in [0.1, 0.15) is 58.8 Å². The van der Waals surface area contributed by atoms with Crippen LogP contribution < -0.4 is 0 Å². The maximum absolute atomic E-state index is 12.5. The van der Waals surface area contributed by atoms with Crippen LogP contribution in [-0.2, 0) is 19.1 Å². The molecule has 0 amide bonds. The number of hydrogen-bond acceptors (Lipinski definition) is 8. The first-order valence-corrected chi connectivity index (χ1v) is 9.63. The molecular formula is C18H29NO8. The lowest BCUT2D eigenvalue weighted by atomic mass is 9.61. The summed E-state index contributed by atoms with van der Waals surface area (Å²) >= 11 is 0. The minimum absolute atomic E-state index is 0.0633. The van der Waals surface area contributed by atoms with Crippen molar-refractivity contribution < 1.29 is 34.2 Å². The molecule has 0 aliphatic heterocycles. The van der Waals surface area contributed by atoms with E-state index in [4.69, 9.17) is 9.47 Å². The first-order chi connectivity index (χ1) is 12.7. The summed E-state index contributed by atoms with van der Waals surface area (Å²) in [7, 11) is 0. The Morgan fingerprint density at radius 3 is 1.78 bits per heavy atom. The van der Waals surface area contributed by atoms with Gasteiger partial charge in [0, 0.05) is 4.92 Å². The predicted molar refractivity (Wildman–Crippen MR) is 93.2 cm³/mol. The lowest BCUT2D eigenvalue weighted by Gasteiger charge is -2.46. The summed E-state index contributed by atoms with van der Waals surface area (Å²) in [4.78, 5) is 35.8. The summed E-state index contributed by atoms with van der Waals surface area (Å²) in [6, 6.07) is -2.25. The van der Waals surface area contributed by atoms with E-state index in [1.807, 2.05) is 0 Å². The largest absolute Gasteiger partial charge is 0.464 e. The van der Waals surface area contributed by atoms with Gasteiger partial charge in [-0.25, -0.2) is 9.59 Å². The molecule has 0 heterocycles. The van der Waals surface area contributed by atoms with Crippen LogP contribution in [-0.4, -0.2) is 57.5 Å². The van der Waals surface area contributed by atoms with Gasteiger partial charge in [-0.05, 0) is 38.5 Å². The molecule has 2 aliphatic carbocycles. The van der Waals surface area contributed by atoms with Gasteiger partial charge in [0.05, 0.1) is 13.2 Å². The molecule has 0 radical (unpaired) electrons. The molecule has 9 nitrogen and oxygen atoms in total. The average Bonchev–Trinajstić information content (AvgIpc) is 2.62. The first-order valence-electron chi connectivity index (χ1n) is 9.63. The van der Waals surface area contributed by atoms with Crippen LogP contribution in [0.15, 0.2) is 0 Å². The summed E-state index contributed by atoms with van der Waals surface area (Å²) in [6.07, 6.45) is 4.22. The number of carbonyl (C=O) groups excluding carboxylic acids is 2. The van der Waals surface area contributed by atoms with E-state index >= 15 is 0 Å². The molecular weight excluding hydrogens is 358 g/mol. The summed E-state index contributed by atoms with van der Waals surface area (Å²) in [5.74, 6) is -2.73. The van der Waals surface area contributed by atoms with Crippen LogP contribution >= 0.6 is 0 Å². The van der Waals surface area contributed by atoms with E-state index in [0.29, 0.717) is 0 Å². The molecule has 0 aromatic carbocycles. The monoisotopic (exact) mass is 387 g/mol. The lowest BCUT2D eigenvalue weighted by molar-refractivity contribution is -0.567. The van der Waals surface area contributed by atoms with Gasteiger partial charge < -0.3 is 19.7 Å². The van der Waals surface area contributed by atoms with Crippen molar-refractivity contribution in [1.29, 1.82) is 0 Å². The average molecular weight is 387 g/mol. The highest BCUT2D eigenvalue weighted by Crippen LogP contribution is 2.47. The van der Waals surface area contributed by atoms with Crippen molar-refractivity contribution in [2.75, 3.05) is 13.2 Å². The second kappa shape index (κ2) is 8.52. The van der Waals surface area contributed by atoms with E-state index < -0.39 is 40.0 Å². The normalized spacial score (nSPS) is 34.7. The van der Waals surface area contributed by atoms with Crippen LogP contribution in [0.25, 0.3) is 0 Å². The second-order valence-electron chi connectivity index (χ2n) is 7.54. The van der Waals surface area contributed by atoms with Gasteiger partial charge >= 0.3 is 11.9 Å². The Balaban J connectivity index is 2.49. The van der Waals surface area contributed by atoms with Gasteiger partial charge in [0.1, 0.15) is 0 Å². The SMILES string of the molecule is CCOC(=O)[C@]1(O)C[C@H](C2CCCCC2)C[C@](O)(C(=O)OCC)[C@H]1[N+](=O)[O-]. The second-order valence-corrected chi connectivity index (χ2v) is 7.54. The van der Waals surface area contributed by atoms with Crippen molar-refractivity contribution >= 4 is 11.9 Å². The molecule has 0 spiro atoms.